The molecule has 1 N–H and O–H groups in total. The molecule has 0 spiro atoms. The summed E-state index contributed by atoms with van der Waals surface area (Å²) in [5.74, 6) is -0.861. The highest BCUT2D eigenvalue weighted by molar-refractivity contribution is 8.06. The molecule has 0 fully saturated rings. The van der Waals surface area contributed by atoms with Crippen LogP contribution in [-0.2, 0) is 19.1 Å². The topological polar surface area (TPSA) is 88.6 Å². The average Bonchev–Trinajstić information content (AvgIpc) is 2.70. The fourth-order valence-electron chi connectivity index (χ4n) is 2.91. The number of thioether (sulfide) groups is 1. The lowest BCUT2D eigenvalue weighted by atomic mass is 9.87. The summed E-state index contributed by atoms with van der Waals surface area (Å²) in [6.07, 6.45) is 10.2. The Kier molecular flexibility index (Phi) is 7.02. The van der Waals surface area contributed by atoms with Crippen molar-refractivity contribution < 1.29 is 19.1 Å². The van der Waals surface area contributed by atoms with E-state index >= 15 is 0 Å². The summed E-state index contributed by atoms with van der Waals surface area (Å²) in [6, 6.07) is 5.28. The summed E-state index contributed by atoms with van der Waals surface area (Å²) in [7, 11) is 0. The van der Waals surface area contributed by atoms with Gasteiger partial charge in [0.05, 0.1) is 18.9 Å². The van der Waals surface area contributed by atoms with Crippen molar-refractivity contribution >= 4 is 35.2 Å². The van der Waals surface area contributed by atoms with Gasteiger partial charge in [-0.15, -0.1) is 0 Å². The van der Waals surface area contributed by atoms with Crippen LogP contribution in [0.5, 0.6) is 0 Å². The number of rotatable bonds is 7. The van der Waals surface area contributed by atoms with Crippen LogP contribution in [0.4, 0.5) is 5.82 Å². The number of pyridine rings is 1. The highest BCUT2D eigenvalue weighted by atomic mass is 32.2. The van der Waals surface area contributed by atoms with Crippen molar-refractivity contribution in [1.82, 2.24) is 9.88 Å². The molecule has 3 rings (SSSR count). The van der Waals surface area contributed by atoms with Gasteiger partial charge >= 0.3 is 5.97 Å². The van der Waals surface area contributed by atoms with Gasteiger partial charge < -0.3 is 15.0 Å². The molecule has 29 heavy (non-hydrogen) atoms. The number of nitrogens with one attached hydrogen (secondary N) is 1. The number of nitrogens with zero attached hydrogens (tertiary/aromatic N) is 2. The molecule has 1 aromatic rings. The zero-order valence-corrected chi connectivity index (χ0v) is 16.7. The van der Waals surface area contributed by atoms with Crippen molar-refractivity contribution in [3.63, 3.8) is 0 Å². The van der Waals surface area contributed by atoms with E-state index in [0.717, 1.165) is 10.5 Å². The van der Waals surface area contributed by atoms with Crippen molar-refractivity contribution in [2.24, 2.45) is 5.92 Å². The predicted octanol–water partition coefficient (Wildman–Crippen LogP) is 3.02. The number of esters is 1. The van der Waals surface area contributed by atoms with E-state index in [2.05, 4.69) is 10.3 Å². The van der Waals surface area contributed by atoms with Gasteiger partial charge in [0, 0.05) is 23.5 Å². The fourth-order valence-corrected chi connectivity index (χ4v) is 3.82. The number of ether oxygens (including phenoxy) is 1. The van der Waals surface area contributed by atoms with Crippen LogP contribution in [0, 0.1) is 5.92 Å². The first-order valence-electron chi connectivity index (χ1n) is 9.16. The van der Waals surface area contributed by atoms with Gasteiger partial charge in [-0.3, -0.25) is 14.4 Å². The van der Waals surface area contributed by atoms with E-state index in [-0.39, 0.29) is 31.3 Å². The molecular weight excluding hydrogens is 390 g/mol. The van der Waals surface area contributed by atoms with Crippen LogP contribution >= 0.6 is 11.8 Å². The highest BCUT2D eigenvalue weighted by Crippen LogP contribution is 2.37. The molecule has 1 aromatic heterocycles. The quantitative estimate of drug-likeness (QED) is 0.690. The van der Waals surface area contributed by atoms with E-state index in [1.54, 1.807) is 54.7 Å². The van der Waals surface area contributed by atoms with E-state index in [9.17, 15) is 14.4 Å². The monoisotopic (exact) mass is 411 g/mol. The van der Waals surface area contributed by atoms with Gasteiger partial charge in [-0.2, -0.15) is 0 Å². The Labute approximate surface area is 173 Å². The van der Waals surface area contributed by atoms with Gasteiger partial charge in [0.2, 0.25) is 5.91 Å². The number of carbonyl (C=O) groups is 3. The number of hydrogen-bond donors (Lipinski definition) is 1. The zero-order chi connectivity index (χ0) is 20.6. The molecule has 0 radical (unpaired) electrons. The van der Waals surface area contributed by atoms with Gasteiger partial charge in [0.15, 0.2) is 5.78 Å². The molecule has 2 aliphatic rings. The lowest BCUT2D eigenvalue weighted by Crippen LogP contribution is -2.28. The third kappa shape index (κ3) is 5.68. The number of carbonyl (C=O) groups excluding carboxylic acids is 3. The smallest absolute Gasteiger partial charge is 0.306 e. The highest BCUT2D eigenvalue weighted by Gasteiger charge is 2.29. The molecule has 2 heterocycles. The Morgan fingerprint density at radius 2 is 2.21 bits per heavy atom. The summed E-state index contributed by atoms with van der Waals surface area (Å²) in [5.41, 5.74) is 0.745. The minimum atomic E-state index is -0.589. The van der Waals surface area contributed by atoms with Crippen LogP contribution in [0.1, 0.15) is 13.3 Å². The minimum absolute atomic E-state index is 0.00930. The first-order chi connectivity index (χ1) is 14.1. The molecule has 7 nitrogen and oxygen atoms in total. The Bertz CT molecular complexity index is 906. The first-order valence-corrected chi connectivity index (χ1v) is 10.0. The van der Waals surface area contributed by atoms with Crippen molar-refractivity contribution in [2.75, 3.05) is 18.5 Å². The molecule has 1 aliphatic heterocycles. The Morgan fingerprint density at radius 1 is 1.34 bits per heavy atom. The zero-order valence-electron chi connectivity index (χ0n) is 15.9. The second-order valence-corrected chi connectivity index (χ2v) is 7.22. The molecule has 0 bridgehead atoms. The second kappa shape index (κ2) is 9.88. The first kappa shape index (κ1) is 20.6. The Hall–Kier alpha value is -3.13. The fraction of sp³-hybridized carbons (Fsp3) is 0.238. The largest absolute Gasteiger partial charge is 0.466 e. The average molecular weight is 411 g/mol. The molecule has 1 amide bonds. The minimum Gasteiger partial charge on any atom is -0.466 e. The van der Waals surface area contributed by atoms with Crippen molar-refractivity contribution in [3.05, 3.63) is 70.9 Å². The lowest BCUT2D eigenvalue weighted by molar-refractivity contribution is -0.145. The lowest BCUT2D eigenvalue weighted by Gasteiger charge is -2.26. The van der Waals surface area contributed by atoms with Crippen molar-refractivity contribution in [1.29, 1.82) is 0 Å². The van der Waals surface area contributed by atoms with Crippen LogP contribution < -0.4 is 5.32 Å². The standard InChI is InChI=1S/C21H21N3O4S/c1-2-28-21(27)12-16-15(6-5-7-17(16)25)18-13-24(10-11-29-18)14-20(26)23-19-8-3-4-9-22-19/h3-11,13,16H,2,12,14H2,1H3,(H,22,23,26). The Morgan fingerprint density at radius 3 is 2.97 bits per heavy atom. The number of anilines is 1. The van der Waals surface area contributed by atoms with Gasteiger partial charge in [-0.1, -0.05) is 30.0 Å². The number of aromatic nitrogens is 1. The number of amides is 1. The molecule has 150 valence electrons. The molecule has 0 saturated carbocycles. The third-order valence-electron chi connectivity index (χ3n) is 4.20. The van der Waals surface area contributed by atoms with Crippen LogP contribution in [0.2, 0.25) is 0 Å². The van der Waals surface area contributed by atoms with E-state index in [1.165, 1.54) is 17.8 Å². The van der Waals surface area contributed by atoms with Crippen LogP contribution in [0.3, 0.4) is 0 Å². The van der Waals surface area contributed by atoms with Gasteiger partial charge in [0.1, 0.15) is 12.4 Å². The molecule has 0 aromatic carbocycles. The summed E-state index contributed by atoms with van der Waals surface area (Å²) in [6.45, 7) is 2.10. The number of ketones is 1. The maximum atomic E-state index is 12.4. The van der Waals surface area contributed by atoms with Gasteiger partial charge in [-0.25, -0.2) is 4.98 Å². The molecule has 0 saturated heterocycles. The molecule has 8 heteroatoms. The van der Waals surface area contributed by atoms with Gasteiger partial charge in [-0.05, 0) is 36.1 Å². The normalized spacial score (nSPS) is 18.2. The number of hydrogen-bond acceptors (Lipinski definition) is 7. The SMILES string of the molecule is CCOC(=O)CC1C(=O)C=CC=C1C1=CN(CC(=O)Nc2ccccn2)C=CS1. The predicted molar refractivity (Wildman–Crippen MR) is 111 cm³/mol. The second-order valence-electron chi connectivity index (χ2n) is 6.28. The van der Waals surface area contributed by atoms with Crippen molar-refractivity contribution in [2.45, 2.75) is 13.3 Å². The summed E-state index contributed by atoms with van der Waals surface area (Å²) in [4.78, 5) is 43.2. The van der Waals surface area contributed by atoms with Crippen LogP contribution in [0.25, 0.3) is 0 Å². The number of allylic oxidation sites excluding steroid dienone is 4. The van der Waals surface area contributed by atoms with Crippen LogP contribution in [-0.4, -0.2) is 40.7 Å². The Balaban J connectivity index is 1.70. The maximum Gasteiger partial charge on any atom is 0.306 e. The molecular formula is C21H21N3O4S. The third-order valence-corrected chi connectivity index (χ3v) is 5.06. The van der Waals surface area contributed by atoms with Gasteiger partial charge in [0.25, 0.3) is 0 Å². The summed E-state index contributed by atoms with van der Waals surface area (Å²) in [5, 5.41) is 4.58. The molecule has 1 aliphatic carbocycles. The maximum absolute atomic E-state index is 12.4. The summed E-state index contributed by atoms with van der Waals surface area (Å²) >= 11 is 1.44. The molecule has 1 atom stereocenters. The van der Waals surface area contributed by atoms with E-state index < -0.39 is 11.9 Å². The van der Waals surface area contributed by atoms with Crippen LogP contribution in [0.15, 0.2) is 70.9 Å². The van der Waals surface area contributed by atoms with E-state index in [4.69, 9.17) is 4.74 Å². The molecule has 1 unspecified atom stereocenters. The van der Waals surface area contributed by atoms with Crippen molar-refractivity contribution in [3.8, 4) is 0 Å². The van der Waals surface area contributed by atoms with E-state index in [0.29, 0.717) is 5.82 Å². The summed E-state index contributed by atoms with van der Waals surface area (Å²) < 4.78 is 5.01. The van der Waals surface area contributed by atoms with E-state index in [1.807, 2.05) is 11.5 Å².